The van der Waals surface area contributed by atoms with Gasteiger partial charge in [0.1, 0.15) is 5.78 Å². The van der Waals surface area contributed by atoms with Crippen LogP contribution in [0.3, 0.4) is 0 Å². The molecule has 2 heterocycles. The molecule has 0 aliphatic heterocycles. The smallest absolute Gasteiger partial charge is 0.234 e. The number of thiazole rings is 1. The van der Waals surface area contributed by atoms with Gasteiger partial charge in [0.05, 0.1) is 23.5 Å². The van der Waals surface area contributed by atoms with E-state index in [0.29, 0.717) is 24.6 Å². The second-order valence-corrected chi connectivity index (χ2v) is 4.77. The molecule has 0 saturated heterocycles. The Hall–Kier alpha value is -1.56. The van der Waals surface area contributed by atoms with Crippen LogP contribution in [0.4, 0.5) is 0 Å². The number of Topliss-reactive ketones (excluding diaryl/α,β-unsaturated/α-hetero) is 1. The Morgan fingerprint density at radius 1 is 1.47 bits per heavy atom. The molecule has 0 amide bonds. The summed E-state index contributed by atoms with van der Waals surface area (Å²) in [6.45, 7) is 3.77. The monoisotopic (exact) mass is 251 g/mol. The van der Waals surface area contributed by atoms with E-state index in [2.05, 4.69) is 15.1 Å². The standard InChI is InChI=1S/C11H13N3O2S/c1-3-9(15)5-11-13-10(14-16-11)4-8-6-17-7(2)12-8/h6H,3-5H2,1-2H3. The van der Waals surface area contributed by atoms with Crippen molar-refractivity contribution >= 4 is 17.1 Å². The number of aromatic nitrogens is 3. The largest absolute Gasteiger partial charge is 0.339 e. The fraction of sp³-hybridized carbons (Fsp3) is 0.455. The lowest BCUT2D eigenvalue weighted by Gasteiger charge is -1.89. The van der Waals surface area contributed by atoms with Gasteiger partial charge in [-0.15, -0.1) is 11.3 Å². The highest BCUT2D eigenvalue weighted by atomic mass is 32.1. The fourth-order valence-electron chi connectivity index (χ4n) is 1.38. The van der Waals surface area contributed by atoms with E-state index in [-0.39, 0.29) is 12.2 Å². The Morgan fingerprint density at radius 2 is 2.29 bits per heavy atom. The van der Waals surface area contributed by atoms with Gasteiger partial charge < -0.3 is 4.52 Å². The van der Waals surface area contributed by atoms with Crippen LogP contribution in [0.25, 0.3) is 0 Å². The number of ketones is 1. The first kappa shape index (κ1) is 11.9. The molecule has 0 aliphatic carbocycles. The van der Waals surface area contributed by atoms with E-state index in [1.165, 1.54) is 0 Å². The molecule has 0 aliphatic rings. The Kier molecular flexibility index (Phi) is 3.63. The van der Waals surface area contributed by atoms with Crippen molar-refractivity contribution in [3.8, 4) is 0 Å². The maximum atomic E-state index is 11.2. The summed E-state index contributed by atoms with van der Waals surface area (Å²) in [7, 11) is 0. The Labute approximate surface area is 103 Å². The predicted octanol–water partition coefficient (Wildman–Crippen LogP) is 1.95. The van der Waals surface area contributed by atoms with Crippen LogP contribution in [0.1, 0.15) is 35.8 Å². The molecule has 2 aromatic heterocycles. The highest BCUT2D eigenvalue weighted by molar-refractivity contribution is 7.09. The fourth-order valence-corrected chi connectivity index (χ4v) is 1.99. The van der Waals surface area contributed by atoms with Crippen molar-refractivity contribution in [2.45, 2.75) is 33.1 Å². The number of aryl methyl sites for hydroxylation is 1. The van der Waals surface area contributed by atoms with Crippen LogP contribution in [0.15, 0.2) is 9.90 Å². The molecular formula is C11H13N3O2S. The van der Waals surface area contributed by atoms with Crippen LogP contribution in [0.5, 0.6) is 0 Å². The maximum absolute atomic E-state index is 11.2. The minimum Gasteiger partial charge on any atom is -0.339 e. The van der Waals surface area contributed by atoms with Gasteiger partial charge in [-0.05, 0) is 6.92 Å². The molecule has 6 heteroatoms. The maximum Gasteiger partial charge on any atom is 0.234 e. The average molecular weight is 251 g/mol. The van der Waals surface area contributed by atoms with Crippen molar-refractivity contribution < 1.29 is 9.32 Å². The van der Waals surface area contributed by atoms with Gasteiger partial charge in [0.15, 0.2) is 5.82 Å². The first-order valence-electron chi connectivity index (χ1n) is 5.41. The van der Waals surface area contributed by atoms with E-state index < -0.39 is 0 Å². The molecule has 5 nitrogen and oxygen atoms in total. The van der Waals surface area contributed by atoms with Gasteiger partial charge in [-0.25, -0.2) is 4.98 Å². The number of rotatable bonds is 5. The van der Waals surface area contributed by atoms with Gasteiger partial charge in [-0.3, -0.25) is 4.79 Å². The summed E-state index contributed by atoms with van der Waals surface area (Å²) in [5, 5.41) is 6.83. The molecular weight excluding hydrogens is 238 g/mol. The highest BCUT2D eigenvalue weighted by Gasteiger charge is 2.11. The number of hydrogen-bond donors (Lipinski definition) is 0. The Balaban J connectivity index is 2.01. The second-order valence-electron chi connectivity index (χ2n) is 3.71. The van der Waals surface area contributed by atoms with Gasteiger partial charge in [-0.1, -0.05) is 12.1 Å². The summed E-state index contributed by atoms with van der Waals surface area (Å²) in [6.07, 6.45) is 1.26. The molecule has 0 unspecified atom stereocenters. The number of nitrogens with zero attached hydrogens (tertiary/aromatic N) is 3. The molecule has 0 bridgehead atoms. The van der Waals surface area contributed by atoms with Gasteiger partial charge in [-0.2, -0.15) is 4.98 Å². The van der Waals surface area contributed by atoms with Crippen LogP contribution in [0.2, 0.25) is 0 Å². The van der Waals surface area contributed by atoms with E-state index >= 15 is 0 Å². The molecule has 0 aromatic carbocycles. The Bertz CT molecular complexity index is 518. The second kappa shape index (κ2) is 5.18. The van der Waals surface area contributed by atoms with E-state index in [9.17, 15) is 4.79 Å². The lowest BCUT2D eigenvalue weighted by molar-refractivity contribution is -0.118. The van der Waals surface area contributed by atoms with Crippen molar-refractivity contribution in [2.75, 3.05) is 0 Å². The zero-order valence-electron chi connectivity index (χ0n) is 9.77. The van der Waals surface area contributed by atoms with Crippen molar-refractivity contribution in [3.05, 3.63) is 27.8 Å². The van der Waals surface area contributed by atoms with Crippen LogP contribution < -0.4 is 0 Å². The molecule has 2 aromatic rings. The van der Waals surface area contributed by atoms with Crippen molar-refractivity contribution in [1.82, 2.24) is 15.1 Å². The summed E-state index contributed by atoms with van der Waals surface area (Å²) in [5.41, 5.74) is 0.932. The summed E-state index contributed by atoms with van der Waals surface area (Å²) in [4.78, 5) is 19.7. The van der Waals surface area contributed by atoms with Crippen molar-refractivity contribution in [2.24, 2.45) is 0 Å². The number of carbonyl (C=O) groups is 1. The minimum atomic E-state index is 0.102. The van der Waals surface area contributed by atoms with Gasteiger partial charge in [0, 0.05) is 11.8 Å². The molecule has 0 spiro atoms. The summed E-state index contributed by atoms with van der Waals surface area (Å²) >= 11 is 1.59. The first-order valence-corrected chi connectivity index (χ1v) is 6.29. The third-order valence-corrected chi connectivity index (χ3v) is 3.08. The molecule has 17 heavy (non-hydrogen) atoms. The quantitative estimate of drug-likeness (QED) is 0.812. The zero-order chi connectivity index (χ0) is 12.3. The molecule has 0 N–H and O–H groups in total. The lowest BCUT2D eigenvalue weighted by atomic mass is 10.2. The number of carbonyl (C=O) groups excluding carboxylic acids is 1. The van der Waals surface area contributed by atoms with Crippen molar-refractivity contribution in [3.63, 3.8) is 0 Å². The van der Waals surface area contributed by atoms with E-state index in [1.807, 2.05) is 19.2 Å². The number of hydrogen-bond acceptors (Lipinski definition) is 6. The third kappa shape index (κ3) is 3.20. The molecule has 2 rings (SSSR count). The van der Waals surface area contributed by atoms with Crippen molar-refractivity contribution in [1.29, 1.82) is 0 Å². The van der Waals surface area contributed by atoms with Crippen LogP contribution in [-0.2, 0) is 17.6 Å². The summed E-state index contributed by atoms with van der Waals surface area (Å²) in [5.74, 6) is 1.07. The lowest BCUT2D eigenvalue weighted by Crippen LogP contribution is -2.00. The topological polar surface area (TPSA) is 68.9 Å². The first-order chi connectivity index (χ1) is 8.17. The molecule has 0 saturated carbocycles. The van der Waals surface area contributed by atoms with Gasteiger partial charge in [0.2, 0.25) is 5.89 Å². The van der Waals surface area contributed by atoms with E-state index in [4.69, 9.17) is 4.52 Å². The van der Waals surface area contributed by atoms with Crippen LogP contribution in [-0.4, -0.2) is 20.9 Å². The SMILES string of the molecule is CCC(=O)Cc1nc(Cc2csc(C)n2)no1. The normalized spacial score (nSPS) is 10.7. The van der Waals surface area contributed by atoms with Gasteiger partial charge >= 0.3 is 0 Å². The van der Waals surface area contributed by atoms with E-state index in [0.717, 1.165) is 10.7 Å². The van der Waals surface area contributed by atoms with E-state index in [1.54, 1.807) is 11.3 Å². The zero-order valence-corrected chi connectivity index (χ0v) is 10.6. The molecule has 0 fully saturated rings. The third-order valence-electron chi connectivity index (χ3n) is 2.26. The summed E-state index contributed by atoms with van der Waals surface area (Å²) in [6, 6.07) is 0. The Morgan fingerprint density at radius 3 is 2.94 bits per heavy atom. The predicted molar refractivity (Wildman–Crippen MR) is 63.0 cm³/mol. The summed E-state index contributed by atoms with van der Waals surface area (Å²) < 4.78 is 5.01. The van der Waals surface area contributed by atoms with Gasteiger partial charge in [0.25, 0.3) is 0 Å². The van der Waals surface area contributed by atoms with Crippen LogP contribution >= 0.6 is 11.3 Å². The average Bonchev–Trinajstić information content (AvgIpc) is 2.89. The highest BCUT2D eigenvalue weighted by Crippen LogP contribution is 2.11. The van der Waals surface area contributed by atoms with Crippen LogP contribution in [0, 0.1) is 6.92 Å². The molecule has 0 radical (unpaired) electrons. The molecule has 90 valence electrons. The molecule has 0 atom stereocenters. The minimum absolute atomic E-state index is 0.102.